The van der Waals surface area contributed by atoms with Crippen molar-refractivity contribution in [2.75, 3.05) is 13.1 Å². The number of sulfonamides is 1. The molecular formula is C18H19ClN2O4S. The first-order chi connectivity index (χ1) is 12.5. The van der Waals surface area contributed by atoms with Crippen LogP contribution in [0.25, 0.3) is 0 Å². The van der Waals surface area contributed by atoms with Crippen molar-refractivity contribution in [1.82, 2.24) is 9.29 Å². The number of carbonyl (C=O) groups excluding carboxylic acids is 1. The molecule has 1 aromatic heterocycles. The molecule has 1 aromatic carbocycles. The number of hydrogen-bond donors (Lipinski definition) is 0. The molecule has 1 fully saturated rings. The van der Waals surface area contributed by atoms with Gasteiger partial charge in [-0.05, 0) is 31.0 Å². The van der Waals surface area contributed by atoms with Crippen LogP contribution in [-0.4, -0.2) is 36.8 Å². The third-order valence-corrected chi connectivity index (χ3v) is 6.64. The third-order valence-electron chi connectivity index (χ3n) is 4.39. The Labute approximate surface area is 157 Å². The third kappa shape index (κ3) is 4.23. The first-order valence-corrected chi connectivity index (χ1v) is 10.1. The molecule has 6 nitrogen and oxygen atoms in total. The molecule has 1 aliphatic rings. The standard InChI is InChI=1S/C18H19ClN2O4S/c19-17-6-2-1-4-15(17)13-25-18(22)14-7-10-21(11-8-14)26(23,24)16-5-3-9-20-12-16/h1-6,9,12,14H,7-8,10-11,13H2. The molecule has 2 heterocycles. The maximum absolute atomic E-state index is 12.6. The smallest absolute Gasteiger partial charge is 0.309 e. The van der Waals surface area contributed by atoms with Crippen LogP contribution in [0.4, 0.5) is 0 Å². The summed E-state index contributed by atoms with van der Waals surface area (Å²) in [6.45, 7) is 0.679. The predicted molar refractivity (Wildman–Crippen MR) is 97.0 cm³/mol. The van der Waals surface area contributed by atoms with E-state index in [0.29, 0.717) is 17.9 Å². The van der Waals surface area contributed by atoms with Crippen molar-refractivity contribution in [2.45, 2.75) is 24.3 Å². The number of halogens is 1. The molecule has 3 rings (SSSR count). The SMILES string of the molecule is O=C(OCc1ccccc1Cl)C1CCN(S(=O)(=O)c2cccnc2)CC1. The van der Waals surface area contributed by atoms with Gasteiger partial charge in [0.2, 0.25) is 10.0 Å². The van der Waals surface area contributed by atoms with E-state index in [-0.39, 0.29) is 36.5 Å². The van der Waals surface area contributed by atoms with Gasteiger partial charge in [-0.15, -0.1) is 0 Å². The highest BCUT2D eigenvalue weighted by Crippen LogP contribution is 2.25. The summed E-state index contributed by atoms with van der Waals surface area (Å²) in [4.78, 5) is 16.3. The molecule has 0 atom stereocenters. The highest BCUT2D eigenvalue weighted by molar-refractivity contribution is 7.89. The van der Waals surface area contributed by atoms with Crippen LogP contribution in [0, 0.1) is 5.92 Å². The molecule has 2 aromatic rings. The summed E-state index contributed by atoms with van der Waals surface area (Å²) < 4.78 is 31.9. The summed E-state index contributed by atoms with van der Waals surface area (Å²) >= 11 is 6.05. The molecule has 0 spiro atoms. The zero-order valence-electron chi connectivity index (χ0n) is 14.0. The van der Waals surface area contributed by atoms with Crippen LogP contribution >= 0.6 is 11.6 Å². The van der Waals surface area contributed by atoms with Crippen molar-refractivity contribution >= 4 is 27.6 Å². The van der Waals surface area contributed by atoms with E-state index in [1.165, 1.54) is 22.8 Å². The maximum Gasteiger partial charge on any atom is 0.309 e. The highest BCUT2D eigenvalue weighted by Gasteiger charge is 2.32. The van der Waals surface area contributed by atoms with E-state index in [9.17, 15) is 13.2 Å². The Morgan fingerprint density at radius 1 is 1.19 bits per heavy atom. The molecule has 26 heavy (non-hydrogen) atoms. The number of esters is 1. The van der Waals surface area contributed by atoms with Crippen molar-refractivity contribution in [3.05, 3.63) is 59.4 Å². The van der Waals surface area contributed by atoms with Crippen LogP contribution in [0.3, 0.4) is 0 Å². The summed E-state index contributed by atoms with van der Waals surface area (Å²) in [6.07, 6.45) is 3.72. The summed E-state index contributed by atoms with van der Waals surface area (Å²) in [6, 6.07) is 10.3. The number of carbonyl (C=O) groups is 1. The second-order valence-electron chi connectivity index (χ2n) is 6.07. The van der Waals surface area contributed by atoms with Crippen molar-refractivity contribution in [3.63, 3.8) is 0 Å². The van der Waals surface area contributed by atoms with E-state index >= 15 is 0 Å². The Morgan fingerprint density at radius 3 is 2.58 bits per heavy atom. The number of piperidine rings is 1. The van der Waals surface area contributed by atoms with Crippen LogP contribution in [0.15, 0.2) is 53.7 Å². The normalized spacial score (nSPS) is 16.3. The summed E-state index contributed by atoms with van der Waals surface area (Å²) in [5.74, 6) is -0.624. The van der Waals surface area contributed by atoms with E-state index in [4.69, 9.17) is 16.3 Å². The Bertz CT molecular complexity index is 866. The fourth-order valence-corrected chi connectivity index (χ4v) is 4.49. The lowest BCUT2D eigenvalue weighted by atomic mass is 9.98. The lowest BCUT2D eigenvalue weighted by Crippen LogP contribution is -2.40. The van der Waals surface area contributed by atoms with Gasteiger partial charge in [0.25, 0.3) is 0 Å². The maximum atomic E-state index is 12.6. The van der Waals surface area contributed by atoms with Crippen molar-refractivity contribution < 1.29 is 17.9 Å². The average Bonchev–Trinajstić information content (AvgIpc) is 2.68. The number of benzene rings is 1. The molecule has 1 saturated heterocycles. The van der Waals surface area contributed by atoms with E-state index in [0.717, 1.165) is 5.56 Å². The number of aromatic nitrogens is 1. The second-order valence-corrected chi connectivity index (χ2v) is 8.41. The van der Waals surface area contributed by atoms with Crippen LogP contribution < -0.4 is 0 Å². The van der Waals surface area contributed by atoms with Crippen LogP contribution in [-0.2, 0) is 26.2 Å². The summed E-state index contributed by atoms with van der Waals surface area (Å²) in [5, 5.41) is 0.553. The molecule has 0 bridgehead atoms. The van der Waals surface area contributed by atoms with Crippen LogP contribution in [0.2, 0.25) is 5.02 Å². The molecular weight excluding hydrogens is 376 g/mol. The Kier molecular flexibility index (Phi) is 5.90. The highest BCUT2D eigenvalue weighted by atomic mass is 35.5. The van der Waals surface area contributed by atoms with Gasteiger partial charge in [0.05, 0.1) is 5.92 Å². The van der Waals surface area contributed by atoms with E-state index in [2.05, 4.69) is 4.98 Å². The molecule has 0 unspecified atom stereocenters. The van der Waals surface area contributed by atoms with E-state index in [1.807, 2.05) is 12.1 Å². The first-order valence-electron chi connectivity index (χ1n) is 8.28. The predicted octanol–water partition coefficient (Wildman–Crippen LogP) is 2.88. The van der Waals surface area contributed by atoms with E-state index in [1.54, 1.807) is 18.2 Å². The van der Waals surface area contributed by atoms with Gasteiger partial charge in [0.1, 0.15) is 11.5 Å². The van der Waals surface area contributed by atoms with Crippen molar-refractivity contribution in [1.29, 1.82) is 0 Å². The molecule has 0 aliphatic carbocycles. The van der Waals surface area contributed by atoms with Crippen LogP contribution in [0.1, 0.15) is 18.4 Å². The van der Waals surface area contributed by atoms with Crippen LogP contribution in [0.5, 0.6) is 0 Å². The van der Waals surface area contributed by atoms with Crippen molar-refractivity contribution in [3.8, 4) is 0 Å². The quantitative estimate of drug-likeness (QED) is 0.729. The Hall–Kier alpha value is -1.96. The average molecular weight is 395 g/mol. The summed E-state index contributed by atoms with van der Waals surface area (Å²) in [5.41, 5.74) is 0.749. The topological polar surface area (TPSA) is 76.6 Å². The van der Waals surface area contributed by atoms with Gasteiger partial charge in [-0.2, -0.15) is 4.31 Å². The molecule has 8 heteroatoms. The largest absolute Gasteiger partial charge is 0.461 e. The number of nitrogens with zero attached hydrogens (tertiary/aromatic N) is 2. The van der Waals surface area contributed by atoms with Gasteiger partial charge in [0, 0.05) is 36.1 Å². The molecule has 138 valence electrons. The molecule has 0 radical (unpaired) electrons. The minimum Gasteiger partial charge on any atom is -0.461 e. The van der Waals surface area contributed by atoms with E-state index < -0.39 is 10.0 Å². The minimum absolute atomic E-state index is 0.118. The molecule has 0 amide bonds. The van der Waals surface area contributed by atoms with Gasteiger partial charge < -0.3 is 4.74 Å². The lowest BCUT2D eigenvalue weighted by Gasteiger charge is -2.30. The fourth-order valence-electron chi connectivity index (χ4n) is 2.86. The lowest BCUT2D eigenvalue weighted by molar-refractivity contribution is -0.151. The van der Waals surface area contributed by atoms with Gasteiger partial charge in [-0.25, -0.2) is 8.42 Å². The number of ether oxygens (including phenoxy) is 1. The number of hydrogen-bond acceptors (Lipinski definition) is 5. The zero-order valence-corrected chi connectivity index (χ0v) is 15.6. The van der Waals surface area contributed by atoms with Gasteiger partial charge in [0.15, 0.2) is 0 Å². The van der Waals surface area contributed by atoms with Gasteiger partial charge in [-0.3, -0.25) is 9.78 Å². The van der Waals surface area contributed by atoms with Gasteiger partial charge >= 0.3 is 5.97 Å². The molecule has 0 saturated carbocycles. The number of rotatable bonds is 5. The Balaban J connectivity index is 1.55. The first kappa shape index (κ1) is 18.8. The fraction of sp³-hybridized carbons (Fsp3) is 0.333. The molecule has 0 N–H and O–H groups in total. The van der Waals surface area contributed by atoms with Crippen molar-refractivity contribution in [2.24, 2.45) is 5.92 Å². The zero-order chi connectivity index (χ0) is 18.6. The monoisotopic (exact) mass is 394 g/mol. The number of pyridine rings is 1. The summed E-state index contributed by atoms with van der Waals surface area (Å²) in [7, 11) is -3.57. The Morgan fingerprint density at radius 2 is 1.92 bits per heavy atom. The second kappa shape index (κ2) is 8.16. The minimum atomic E-state index is -3.57. The molecule has 1 aliphatic heterocycles. The van der Waals surface area contributed by atoms with Gasteiger partial charge in [-0.1, -0.05) is 29.8 Å².